The molecule has 24 heavy (non-hydrogen) atoms. The molecule has 5 heteroatoms. The van der Waals surface area contributed by atoms with Crippen LogP contribution in [0.1, 0.15) is 52.4 Å². The number of hydrogen-bond acceptors (Lipinski definition) is 2. The summed E-state index contributed by atoms with van der Waals surface area (Å²) in [4.78, 5) is 0. The molecule has 2 nitrogen and oxygen atoms in total. The van der Waals surface area contributed by atoms with Crippen molar-refractivity contribution in [2.75, 3.05) is 13.2 Å². The molecule has 0 spiro atoms. The first-order valence-electron chi connectivity index (χ1n) is 9.38. The summed E-state index contributed by atoms with van der Waals surface area (Å²) in [7, 11) is 0. The predicted molar refractivity (Wildman–Crippen MR) is 89.3 cm³/mol. The van der Waals surface area contributed by atoms with Crippen LogP contribution in [0.4, 0.5) is 13.2 Å². The van der Waals surface area contributed by atoms with Crippen molar-refractivity contribution in [3.8, 4) is 0 Å². The van der Waals surface area contributed by atoms with E-state index in [1.165, 1.54) is 0 Å². The molecule has 0 bridgehead atoms. The third kappa shape index (κ3) is 4.98. The second-order valence-electron chi connectivity index (χ2n) is 6.95. The van der Waals surface area contributed by atoms with E-state index < -0.39 is 36.5 Å². The first-order chi connectivity index (χ1) is 11.6. The average Bonchev–Trinajstić information content (AvgIpc) is 2.57. The molecular formula is C19H31F3O2. The SMILES string of the molecule is CCC=CCOC1CCC(C2CCC(OCC)C(F)C2F)C(F)C1. The quantitative estimate of drug-likeness (QED) is 0.605. The standard InChI is InChI=1S/C19H31F3O2/c1-3-5-6-11-24-13-7-8-14(16(20)12-13)15-9-10-17(23-4-2)19(22)18(15)21/h5-6,13-19H,3-4,7-12H2,1-2H3. The Kier molecular flexibility index (Phi) is 8.08. The summed E-state index contributed by atoms with van der Waals surface area (Å²) >= 11 is 0. The van der Waals surface area contributed by atoms with Crippen molar-refractivity contribution in [3.05, 3.63) is 12.2 Å². The maximum Gasteiger partial charge on any atom is 0.157 e. The van der Waals surface area contributed by atoms with Crippen LogP contribution in [0.25, 0.3) is 0 Å². The smallest absolute Gasteiger partial charge is 0.157 e. The Balaban J connectivity index is 1.84. The Bertz CT molecular complexity index is 391. The highest BCUT2D eigenvalue weighted by Gasteiger charge is 2.47. The van der Waals surface area contributed by atoms with Gasteiger partial charge in [0, 0.05) is 13.0 Å². The van der Waals surface area contributed by atoms with Crippen LogP contribution in [0, 0.1) is 11.8 Å². The Labute approximate surface area is 143 Å². The fourth-order valence-electron chi connectivity index (χ4n) is 4.12. The van der Waals surface area contributed by atoms with Gasteiger partial charge < -0.3 is 9.47 Å². The second kappa shape index (κ2) is 9.81. The number of allylic oxidation sites excluding steroid dienone is 1. The highest BCUT2D eigenvalue weighted by Crippen LogP contribution is 2.43. The highest BCUT2D eigenvalue weighted by molar-refractivity contribution is 4.96. The van der Waals surface area contributed by atoms with Gasteiger partial charge in [0.1, 0.15) is 12.3 Å². The van der Waals surface area contributed by atoms with E-state index in [9.17, 15) is 13.2 Å². The normalized spacial score (nSPS) is 41.0. The Morgan fingerprint density at radius 2 is 1.62 bits per heavy atom. The average molecular weight is 348 g/mol. The van der Waals surface area contributed by atoms with Gasteiger partial charge in [-0.2, -0.15) is 0 Å². The predicted octanol–water partition coefficient (Wildman–Crippen LogP) is 4.97. The van der Waals surface area contributed by atoms with Crippen LogP contribution in [0.15, 0.2) is 12.2 Å². The zero-order valence-electron chi connectivity index (χ0n) is 14.8. The molecule has 0 radical (unpaired) electrons. The number of ether oxygens (including phenoxy) is 2. The largest absolute Gasteiger partial charge is 0.375 e. The lowest BCUT2D eigenvalue weighted by molar-refractivity contribution is -0.0990. The number of halogens is 3. The van der Waals surface area contributed by atoms with Gasteiger partial charge >= 0.3 is 0 Å². The zero-order chi connectivity index (χ0) is 17.5. The minimum Gasteiger partial charge on any atom is -0.375 e. The fraction of sp³-hybridized carbons (Fsp3) is 0.895. The molecule has 2 aliphatic carbocycles. The van der Waals surface area contributed by atoms with Crippen LogP contribution < -0.4 is 0 Å². The molecule has 0 aromatic rings. The van der Waals surface area contributed by atoms with Crippen molar-refractivity contribution in [3.63, 3.8) is 0 Å². The third-order valence-corrected chi connectivity index (χ3v) is 5.39. The molecule has 0 saturated heterocycles. The molecule has 2 saturated carbocycles. The topological polar surface area (TPSA) is 18.5 Å². The zero-order valence-corrected chi connectivity index (χ0v) is 14.8. The minimum atomic E-state index is -1.64. The van der Waals surface area contributed by atoms with Crippen LogP contribution in [-0.2, 0) is 9.47 Å². The van der Waals surface area contributed by atoms with Crippen molar-refractivity contribution < 1.29 is 22.6 Å². The fourth-order valence-corrected chi connectivity index (χ4v) is 4.12. The van der Waals surface area contributed by atoms with Gasteiger partial charge in [0.05, 0.1) is 18.8 Å². The van der Waals surface area contributed by atoms with E-state index in [0.29, 0.717) is 38.9 Å². The molecule has 2 fully saturated rings. The maximum atomic E-state index is 14.6. The van der Waals surface area contributed by atoms with Gasteiger partial charge in [-0.05, 0) is 50.9 Å². The van der Waals surface area contributed by atoms with Gasteiger partial charge in [-0.3, -0.25) is 0 Å². The third-order valence-electron chi connectivity index (χ3n) is 5.39. The van der Waals surface area contributed by atoms with Crippen LogP contribution >= 0.6 is 0 Å². The first-order valence-corrected chi connectivity index (χ1v) is 9.38. The molecular weight excluding hydrogens is 317 g/mol. The lowest BCUT2D eigenvalue weighted by Crippen LogP contribution is -2.48. The Morgan fingerprint density at radius 1 is 0.875 bits per heavy atom. The van der Waals surface area contributed by atoms with E-state index in [1.54, 1.807) is 6.92 Å². The molecule has 0 aromatic heterocycles. The van der Waals surface area contributed by atoms with Gasteiger partial charge in [-0.25, -0.2) is 13.2 Å². The van der Waals surface area contributed by atoms with Crippen LogP contribution in [0.2, 0.25) is 0 Å². The maximum absolute atomic E-state index is 14.6. The summed E-state index contributed by atoms with van der Waals surface area (Å²) in [5.74, 6) is -0.931. The van der Waals surface area contributed by atoms with E-state index in [2.05, 4.69) is 0 Å². The number of alkyl halides is 3. The van der Waals surface area contributed by atoms with Crippen LogP contribution in [0.5, 0.6) is 0 Å². The Hall–Kier alpha value is -0.550. The van der Waals surface area contributed by atoms with Gasteiger partial charge in [0.2, 0.25) is 0 Å². The van der Waals surface area contributed by atoms with Gasteiger partial charge in [-0.1, -0.05) is 19.1 Å². The van der Waals surface area contributed by atoms with E-state index in [0.717, 1.165) is 12.8 Å². The van der Waals surface area contributed by atoms with Gasteiger partial charge in [0.25, 0.3) is 0 Å². The van der Waals surface area contributed by atoms with E-state index in [1.807, 2.05) is 19.1 Å². The first kappa shape index (κ1) is 19.8. The molecule has 0 heterocycles. The summed E-state index contributed by atoms with van der Waals surface area (Å²) in [6, 6.07) is 0. The van der Waals surface area contributed by atoms with E-state index in [4.69, 9.17) is 9.47 Å². The molecule has 0 aromatic carbocycles. The summed E-state index contributed by atoms with van der Waals surface area (Å²) in [5, 5.41) is 0. The van der Waals surface area contributed by atoms with Crippen molar-refractivity contribution in [1.82, 2.24) is 0 Å². The molecule has 7 atom stereocenters. The second-order valence-corrected chi connectivity index (χ2v) is 6.95. The van der Waals surface area contributed by atoms with Crippen molar-refractivity contribution in [2.24, 2.45) is 11.8 Å². The minimum absolute atomic E-state index is 0.114. The van der Waals surface area contributed by atoms with E-state index in [-0.39, 0.29) is 6.10 Å². The van der Waals surface area contributed by atoms with Gasteiger partial charge in [0.15, 0.2) is 6.17 Å². The number of hydrogen-bond donors (Lipinski definition) is 0. The van der Waals surface area contributed by atoms with E-state index >= 15 is 0 Å². The van der Waals surface area contributed by atoms with Crippen molar-refractivity contribution in [1.29, 1.82) is 0 Å². The summed E-state index contributed by atoms with van der Waals surface area (Å²) in [6.07, 6.45) is 2.32. The lowest BCUT2D eigenvalue weighted by atomic mass is 9.70. The molecule has 7 unspecified atom stereocenters. The van der Waals surface area contributed by atoms with Crippen molar-refractivity contribution >= 4 is 0 Å². The molecule has 2 rings (SSSR count). The Morgan fingerprint density at radius 3 is 2.29 bits per heavy atom. The van der Waals surface area contributed by atoms with Crippen LogP contribution in [0.3, 0.4) is 0 Å². The summed E-state index contributed by atoms with van der Waals surface area (Å²) in [6.45, 7) is 4.70. The van der Waals surface area contributed by atoms with Gasteiger partial charge in [-0.15, -0.1) is 0 Å². The lowest BCUT2D eigenvalue weighted by Gasteiger charge is -2.42. The van der Waals surface area contributed by atoms with Crippen LogP contribution in [-0.4, -0.2) is 43.9 Å². The highest BCUT2D eigenvalue weighted by atomic mass is 19.2. The molecule has 0 N–H and O–H groups in total. The van der Waals surface area contributed by atoms with Crippen molar-refractivity contribution in [2.45, 2.75) is 83.1 Å². The molecule has 0 amide bonds. The summed E-state index contributed by atoms with van der Waals surface area (Å²) in [5.41, 5.74) is 0. The summed E-state index contributed by atoms with van der Waals surface area (Å²) < 4.78 is 54.2. The monoisotopic (exact) mass is 348 g/mol. The molecule has 140 valence electrons. The molecule has 2 aliphatic rings. The molecule has 0 aliphatic heterocycles. The number of rotatable bonds is 7.